The van der Waals surface area contributed by atoms with Crippen LogP contribution in [0.2, 0.25) is 0 Å². The molecule has 1 fully saturated rings. The van der Waals surface area contributed by atoms with Gasteiger partial charge < -0.3 is 4.74 Å². The van der Waals surface area contributed by atoms with Gasteiger partial charge in [-0.2, -0.15) is 5.10 Å². The number of hydrogen-bond acceptors (Lipinski definition) is 5. The van der Waals surface area contributed by atoms with Crippen molar-refractivity contribution in [2.75, 3.05) is 0 Å². The molecule has 0 unspecified atom stereocenters. The van der Waals surface area contributed by atoms with E-state index in [0.29, 0.717) is 11.6 Å². The Bertz CT molecular complexity index is 1340. The predicted octanol–water partition coefficient (Wildman–Crippen LogP) is 3.55. The molecule has 4 aromatic rings. The first-order chi connectivity index (χ1) is 14.5. The molecule has 0 amide bonds. The molecule has 3 aromatic heterocycles. The second-order valence-corrected chi connectivity index (χ2v) is 7.59. The number of rotatable bonds is 4. The zero-order chi connectivity index (χ0) is 21.0. The van der Waals surface area contributed by atoms with Gasteiger partial charge in [0.05, 0.1) is 30.2 Å². The van der Waals surface area contributed by atoms with Crippen molar-refractivity contribution in [3.63, 3.8) is 0 Å². The van der Waals surface area contributed by atoms with Gasteiger partial charge in [0.1, 0.15) is 5.75 Å². The van der Waals surface area contributed by atoms with Crippen LogP contribution in [0.15, 0.2) is 41.6 Å². The summed E-state index contributed by atoms with van der Waals surface area (Å²) in [4.78, 5) is 21.0. The summed E-state index contributed by atoms with van der Waals surface area (Å²) in [5.41, 5.74) is 5.09. The average molecular weight is 405 g/mol. The normalized spacial score (nSPS) is 13.7. The van der Waals surface area contributed by atoms with Crippen LogP contribution in [-0.4, -0.2) is 30.3 Å². The number of hydrogen-bond donors (Lipinski definition) is 0. The van der Waals surface area contributed by atoms with E-state index < -0.39 is 11.5 Å². The first-order valence-electron chi connectivity index (χ1n) is 9.80. The highest BCUT2D eigenvalue weighted by molar-refractivity contribution is 5.81. The summed E-state index contributed by atoms with van der Waals surface area (Å²) < 4.78 is 21.9. The lowest BCUT2D eigenvalue weighted by Gasteiger charge is -2.13. The molecular formula is C22H20FN5O2. The molecule has 0 bridgehead atoms. The molecule has 0 saturated heterocycles. The molecule has 1 aliphatic carbocycles. The zero-order valence-electron chi connectivity index (χ0n) is 16.9. The number of aryl methyl sites for hydroxylation is 2. The highest BCUT2D eigenvalue weighted by Gasteiger charge is 2.25. The molecular weight excluding hydrogens is 385 g/mol. The van der Waals surface area contributed by atoms with Gasteiger partial charge in [-0.15, -0.1) is 4.68 Å². The summed E-state index contributed by atoms with van der Waals surface area (Å²) in [5.74, 6) is 0.317. The third kappa shape index (κ3) is 2.87. The van der Waals surface area contributed by atoms with Gasteiger partial charge in [-0.25, -0.2) is 19.2 Å². The van der Waals surface area contributed by atoms with Crippen LogP contribution in [0, 0.1) is 26.6 Å². The van der Waals surface area contributed by atoms with Crippen molar-refractivity contribution in [2.45, 2.75) is 39.7 Å². The van der Waals surface area contributed by atoms with E-state index in [0.717, 1.165) is 63.6 Å². The lowest BCUT2D eigenvalue weighted by molar-refractivity contribution is 0.301. The SMILES string of the molecule is Cc1c(OC2CC2)cccc1-c1c(C)c2cnn(-c3ncc(F)cn3)c(=O)n2c1C. The fourth-order valence-corrected chi connectivity index (χ4v) is 3.84. The van der Waals surface area contributed by atoms with Crippen LogP contribution in [0.5, 0.6) is 5.75 Å². The number of halogens is 1. The van der Waals surface area contributed by atoms with Crippen LogP contribution in [0.4, 0.5) is 4.39 Å². The summed E-state index contributed by atoms with van der Waals surface area (Å²) in [5, 5.41) is 4.21. The van der Waals surface area contributed by atoms with Crippen LogP contribution in [0.1, 0.15) is 29.7 Å². The van der Waals surface area contributed by atoms with E-state index in [-0.39, 0.29) is 5.95 Å². The van der Waals surface area contributed by atoms with Crippen LogP contribution in [-0.2, 0) is 0 Å². The third-order valence-electron chi connectivity index (χ3n) is 5.53. The molecule has 5 rings (SSSR count). The smallest absolute Gasteiger partial charge is 0.356 e. The highest BCUT2D eigenvalue weighted by Crippen LogP contribution is 2.38. The minimum absolute atomic E-state index is 0.0200. The fraction of sp³-hybridized carbons (Fsp3) is 0.273. The van der Waals surface area contributed by atoms with E-state index in [1.807, 2.05) is 39.0 Å². The molecule has 1 aromatic carbocycles. The van der Waals surface area contributed by atoms with Gasteiger partial charge in [0, 0.05) is 11.3 Å². The van der Waals surface area contributed by atoms with Gasteiger partial charge in [0.15, 0.2) is 5.82 Å². The number of fused-ring (bicyclic) bond motifs is 1. The Morgan fingerprint density at radius 1 is 1.07 bits per heavy atom. The molecule has 0 spiro atoms. The lowest BCUT2D eigenvalue weighted by Crippen LogP contribution is -2.29. The Morgan fingerprint density at radius 2 is 1.80 bits per heavy atom. The number of ether oxygens (including phenoxy) is 1. The molecule has 0 radical (unpaired) electrons. The summed E-state index contributed by atoms with van der Waals surface area (Å²) in [6.45, 7) is 5.92. The molecule has 1 saturated carbocycles. The van der Waals surface area contributed by atoms with Gasteiger partial charge in [-0.05, 0) is 56.4 Å². The largest absolute Gasteiger partial charge is 0.490 e. The molecule has 1 aliphatic rings. The van der Waals surface area contributed by atoms with E-state index in [1.165, 1.54) is 0 Å². The van der Waals surface area contributed by atoms with Crippen molar-refractivity contribution in [1.29, 1.82) is 0 Å². The summed E-state index contributed by atoms with van der Waals surface area (Å²) in [7, 11) is 0. The maximum Gasteiger partial charge on any atom is 0.356 e. The molecule has 0 N–H and O–H groups in total. The maximum absolute atomic E-state index is 13.2. The Labute approximate surface area is 171 Å². The standard InChI is InChI=1S/C22H20FN5O2/c1-12-17(5-4-6-19(12)30-16-7-8-16)20-13(2)18-11-26-28(22(29)27(18)14(20)3)21-24-9-15(23)10-25-21/h4-6,9-11,16H,7-8H2,1-3H3. The van der Waals surface area contributed by atoms with Crippen molar-refractivity contribution in [1.82, 2.24) is 24.1 Å². The molecule has 8 heteroatoms. The van der Waals surface area contributed by atoms with Gasteiger partial charge in [-0.3, -0.25) is 4.40 Å². The second-order valence-electron chi connectivity index (χ2n) is 7.59. The lowest BCUT2D eigenvalue weighted by atomic mass is 9.97. The average Bonchev–Trinajstić information content (AvgIpc) is 3.51. The molecule has 0 atom stereocenters. The Kier molecular flexibility index (Phi) is 4.16. The first kappa shape index (κ1) is 18.5. The van der Waals surface area contributed by atoms with Crippen LogP contribution < -0.4 is 10.4 Å². The van der Waals surface area contributed by atoms with Crippen molar-refractivity contribution in [3.8, 4) is 22.8 Å². The quantitative estimate of drug-likeness (QED) is 0.519. The molecule has 0 aliphatic heterocycles. The van der Waals surface area contributed by atoms with Gasteiger partial charge in [-0.1, -0.05) is 12.1 Å². The summed E-state index contributed by atoms with van der Waals surface area (Å²) in [6.07, 6.45) is 6.12. The number of nitrogens with zero attached hydrogens (tertiary/aromatic N) is 5. The van der Waals surface area contributed by atoms with Crippen molar-refractivity contribution in [2.24, 2.45) is 0 Å². The van der Waals surface area contributed by atoms with Crippen LogP contribution >= 0.6 is 0 Å². The predicted molar refractivity (Wildman–Crippen MR) is 110 cm³/mol. The first-order valence-corrected chi connectivity index (χ1v) is 9.80. The maximum atomic E-state index is 13.2. The van der Waals surface area contributed by atoms with E-state index in [4.69, 9.17) is 4.74 Å². The molecule has 3 heterocycles. The van der Waals surface area contributed by atoms with Gasteiger partial charge in [0.25, 0.3) is 5.95 Å². The minimum Gasteiger partial charge on any atom is -0.490 e. The van der Waals surface area contributed by atoms with Crippen molar-refractivity contribution < 1.29 is 9.13 Å². The number of aromatic nitrogens is 5. The Hall–Kier alpha value is -3.55. The number of benzene rings is 1. The monoisotopic (exact) mass is 405 g/mol. The highest BCUT2D eigenvalue weighted by atomic mass is 19.1. The van der Waals surface area contributed by atoms with E-state index in [1.54, 1.807) is 10.6 Å². The molecule has 30 heavy (non-hydrogen) atoms. The topological polar surface area (TPSA) is 74.3 Å². The van der Waals surface area contributed by atoms with E-state index in [2.05, 4.69) is 15.1 Å². The van der Waals surface area contributed by atoms with Crippen molar-refractivity contribution in [3.05, 3.63) is 69.9 Å². The molecule has 7 nitrogen and oxygen atoms in total. The van der Waals surface area contributed by atoms with E-state index in [9.17, 15) is 9.18 Å². The Morgan fingerprint density at radius 3 is 2.50 bits per heavy atom. The Balaban J connectivity index is 1.70. The second kappa shape index (κ2) is 6.76. The van der Waals surface area contributed by atoms with Gasteiger partial charge >= 0.3 is 5.69 Å². The van der Waals surface area contributed by atoms with E-state index >= 15 is 0 Å². The third-order valence-corrected chi connectivity index (χ3v) is 5.53. The van der Waals surface area contributed by atoms with Crippen molar-refractivity contribution >= 4 is 5.52 Å². The fourth-order valence-electron chi connectivity index (χ4n) is 3.84. The summed E-state index contributed by atoms with van der Waals surface area (Å²) >= 11 is 0. The molecule has 152 valence electrons. The van der Waals surface area contributed by atoms with Gasteiger partial charge in [0.2, 0.25) is 0 Å². The summed E-state index contributed by atoms with van der Waals surface area (Å²) in [6, 6.07) is 6.00. The van der Waals surface area contributed by atoms with Crippen LogP contribution in [0.25, 0.3) is 22.6 Å². The van der Waals surface area contributed by atoms with Crippen LogP contribution in [0.3, 0.4) is 0 Å². The minimum atomic E-state index is -0.577. The zero-order valence-corrected chi connectivity index (χ0v) is 16.9.